The number of nitrogens with zero attached hydrogens (tertiary/aromatic N) is 2. The molecular weight excluding hydrogens is 476 g/mol. The fourth-order valence-corrected chi connectivity index (χ4v) is 4.21. The van der Waals surface area contributed by atoms with Crippen LogP contribution in [0.3, 0.4) is 0 Å². The average molecular weight is 505 g/mol. The van der Waals surface area contributed by atoms with Gasteiger partial charge in [0.15, 0.2) is 0 Å². The maximum Gasteiger partial charge on any atom is 0.280 e. The Morgan fingerprint density at radius 1 is 0.763 bits per heavy atom. The van der Waals surface area contributed by atoms with E-state index in [2.05, 4.69) is 10.4 Å². The molecule has 0 spiro atoms. The van der Waals surface area contributed by atoms with Crippen molar-refractivity contribution in [2.45, 2.75) is 6.92 Å². The van der Waals surface area contributed by atoms with E-state index in [1.54, 1.807) is 14.2 Å². The number of aliphatic imine (C=N–C) groups is 1. The average Bonchev–Trinajstić information content (AvgIpc) is 3.32. The minimum Gasteiger partial charge on any atom is -0.497 e. The van der Waals surface area contributed by atoms with E-state index < -0.39 is 0 Å². The highest BCUT2D eigenvalue weighted by Gasteiger charge is 2.19. The number of hydrogen-bond donors (Lipinski definition) is 2. The van der Waals surface area contributed by atoms with Crippen molar-refractivity contribution < 1.29 is 9.47 Å². The van der Waals surface area contributed by atoms with Gasteiger partial charge in [0, 0.05) is 16.9 Å². The molecule has 1 heterocycles. The molecule has 0 aliphatic carbocycles. The zero-order valence-electron chi connectivity index (χ0n) is 21.4. The van der Waals surface area contributed by atoms with Gasteiger partial charge in [-0.15, -0.1) is 0 Å². The van der Waals surface area contributed by atoms with E-state index >= 15 is 0 Å². The van der Waals surface area contributed by atoms with Crippen molar-refractivity contribution in [3.05, 3.63) is 119 Å². The molecule has 7 nitrogen and oxygen atoms in total. The van der Waals surface area contributed by atoms with Crippen LogP contribution in [0.25, 0.3) is 16.9 Å². The molecule has 0 atom stereocenters. The molecule has 0 saturated heterocycles. The lowest BCUT2D eigenvalue weighted by molar-refractivity contribution is 0.414. The molecule has 5 rings (SSSR count). The summed E-state index contributed by atoms with van der Waals surface area (Å²) in [6.45, 7) is 1.86. The van der Waals surface area contributed by atoms with Gasteiger partial charge < -0.3 is 14.8 Å². The molecule has 0 bridgehead atoms. The first-order valence-electron chi connectivity index (χ1n) is 12.2. The third kappa shape index (κ3) is 5.22. The summed E-state index contributed by atoms with van der Waals surface area (Å²) in [5.74, 6) is 1.53. The molecule has 0 aliphatic rings. The second-order valence-electron chi connectivity index (χ2n) is 8.66. The maximum absolute atomic E-state index is 13.7. The van der Waals surface area contributed by atoms with Crippen molar-refractivity contribution >= 4 is 22.8 Å². The normalized spacial score (nSPS) is 11.3. The quantitative estimate of drug-likeness (QED) is 0.230. The first-order valence-corrected chi connectivity index (χ1v) is 12.2. The zero-order valence-corrected chi connectivity index (χ0v) is 21.4. The lowest BCUT2D eigenvalue weighted by Crippen LogP contribution is -2.19. The van der Waals surface area contributed by atoms with Crippen LogP contribution in [-0.4, -0.2) is 29.7 Å². The lowest BCUT2D eigenvalue weighted by Gasteiger charge is -2.08. The van der Waals surface area contributed by atoms with Crippen LogP contribution in [0.5, 0.6) is 11.5 Å². The number of benzene rings is 4. The number of nitrogens with one attached hydrogen (secondary N) is 2. The fourth-order valence-electron chi connectivity index (χ4n) is 4.21. The van der Waals surface area contributed by atoms with Crippen molar-refractivity contribution in [2.24, 2.45) is 4.99 Å². The van der Waals surface area contributed by atoms with E-state index in [0.29, 0.717) is 22.7 Å². The molecule has 7 heteroatoms. The van der Waals surface area contributed by atoms with Gasteiger partial charge in [0.05, 0.1) is 42.6 Å². The summed E-state index contributed by atoms with van der Waals surface area (Å²) in [6, 6.07) is 32.6. The summed E-state index contributed by atoms with van der Waals surface area (Å²) >= 11 is 0. The Morgan fingerprint density at radius 2 is 1.32 bits per heavy atom. The van der Waals surface area contributed by atoms with E-state index in [9.17, 15) is 4.79 Å². The number of hydrogen-bond acceptors (Lipinski definition) is 5. The third-order valence-electron chi connectivity index (χ3n) is 6.19. The Bertz CT molecular complexity index is 1600. The van der Waals surface area contributed by atoms with E-state index in [1.165, 1.54) is 4.68 Å². The minimum atomic E-state index is -0.173. The number of rotatable bonds is 8. The van der Waals surface area contributed by atoms with E-state index in [-0.39, 0.29) is 5.56 Å². The molecule has 5 aromatic rings. The first-order chi connectivity index (χ1) is 18.6. The van der Waals surface area contributed by atoms with Gasteiger partial charge >= 0.3 is 0 Å². The van der Waals surface area contributed by atoms with Crippen LogP contribution in [-0.2, 0) is 0 Å². The van der Waals surface area contributed by atoms with Crippen molar-refractivity contribution in [1.29, 1.82) is 0 Å². The SMILES string of the molecule is COc1ccc(Nc2ccc(N=C(C)c3c(-c4ccccc4)[nH]n(-c4ccc(OC)cc4)c3=O)cc2)cc1. The van der Waals surface area contributed by atoms with Crippen LogP contribution < -0.4 is 20.3 Å². The Balaban J connectivity index is 1.48. The van der Waals surface area contributed by atoms with Crippen molar-refractivity contribution in [1.82, 2.24) is 9.78 Å². The highest BCUT2D eigenvalue weighted by molar-refractivity contribution is 6.04. The predicted octanol–water partition coefficient (Wildman–Crippen LogP) is 6.73. The Morgan fingerprint density at radius 3 is 1.89 bits per heavy atom. The molecule has 1 aromatic heterocycles. The molecule has 0 aliphatic heterocycles. The maximum atomic E-state index is 13.7. The van der Waals surface area contributed by atoms with Gasteiger partial charge in [-0.1, -0.05) is 30.3 Å². The fraction of sp³-hybridized carbons (Fsp3) is 0.0968. The first kappa shape index (κ1) is 24.6. The Hall–Kier alpha value is -5.04. The van der Waals surface area contributed by atoms with Crippen molar-refractivity contribution in [3.63, 3.8) is 0 Å². The van der Waals surface area contributed by atoms with Crippen LogP contribution in [0.15, 0.2) is 113 Å². The number of H-pyrrole nitrogens is 1. The number of ether oxygens (including phenoxy) is 2. The molecular formula is C31H28N4O3. The molecule has 0 fully saturated rings. The van der Waals surface area contributed by atoms with Crippen molar-refractivity contribution in [2.75, 3.05) is 19.5 Å². The van der Waals surface area contributed by atoms with Crippen molar-refractivity contribution in [3.8, 4) is 28.4 Å². The standard InChI is InChI=1S/C31H28N4O3/c1-21(32-23-9-11-24(12-10-23)33-25-13-17-27(37-2)18-14-25)29-30(22-7-5-4-6-8-22)34-35(31(29)36)26-15-19-28(38-3)20-16-26/h4-20,33-34H,1-3H3. The molecule has 4 aromatic carbocycles. The van der Waals surface area contributed by atoms with Gasteiger partial charge in [0.25, 0.3) is 5.56 Å². The van der Waals surface area contributed by atoms with E-state index in [0.717, 1.165) is 34.1 Å². The molecule has 0 radical (unpaired) electrons. The third-order valence-corrected chi connectivity index (χ3v) is 6.19. The summed E-state index contributed by atoms with van der Waals surface area (Å²) in [7, 11) is 3.26. The van der Waals surface area contributed by atoms with E-state index in [4.69, 9.17) is 14.5 Å². The van der Waals surface area contributed by atoms with Crippen LogP contribution in [0.2, 0.25) is 0 Å². The molecule has 2 N–H and O–H groups in total. The number of anilines is 2. The number of methoxy groups -OCH3 is 2. The highest BCUT2D eigenvalue weighted by atomic mass is 16.5. The molecule has 0 amide bonds. The molecule has 38 heavy (non-hydrogen) atoms. The molecule has 190 valence electrons. The van der Waals surface area contributed by atoms with E-state index in [1.807, 2.05) is 110 Å². The van der Waals surface area contributed by atoms with Gasteiger partial charge in [-0.25, -0.2) is 4.68 Å². The second-order valence-corrected chi connectivity index (χ2v) is 8.66. The van der Waals surface area contributed by atoms with Crippen LogP contribution in [0.1, 0.15) is 12.5 Å². The van der Waals surface area contributed by atoms with Crippen LogP contribution in [0.4, 0.5) is 17.1 Å². The highest BCUT2D eigenvalue weighted by Crippen LogP contribution is 2.25. The van der Waals surface area contributed by atoms with Gasteiger partial charge in [0.1, 0.15) is 11.5 Å². The minimum absolute atomic E-state index is 0.173. The summed E-state index contributed by atoms with van der Waals surface area (Å²) < 4.78 is 12.0. The summed E-state index contributed by atoms with van der Waals surface area (Å²) in [5.41, 5.74) is 5.93. The van der Waals surface area contributed by atoms with Crippen LogP contribution in [0, 0.1) is 0 Å². The van der Waals surface area contributed by atoms with Gasteiger partial charge in [-0.3, -0.25) is 14.9 Å². The van der Waals surface area contributed by atoms with Crippen LogP contribution >= 0.6 is 0 Å². The summed E-state index contributed by atoms with van der Waals surface area (Å²) in [4.78, 5) is 18.5. The lowest BCUT2D eigenvalue weighted by atomic mass is 10.1. The Labute approximate surface area is 221 Å². The van der Waals surface area contributed by atoms with Gasteiger partial charge in [-0.2, -0.15) is 0 Å². The monoisotopic (exact) mass is 504 g/mol. The smallest absolute Gasteiger partial charge is 0.280 e. The Kier molecular flexibility index (Phi) is 7.08. The topological polar surface area (TPSA) is 80.6 Å². The second kappa shape index (κ2) is 10.9. The van der Waals surface area contributed by atoms with Gasteiger partial charge in [-0.05, 0) is 79.7 Å². The molecule has 0 unspecified atom stereocenters. The molecule has 0 saturated carbocycles. The number of aromatic amines is 1. The predicted molar refractivity (Wildman–Crippen MR) is 153 cm³/mol. The van der Waals surface area contributed by atoms with Gasteiger partial charge in [0.2, 0.25) is 0 Å². The largest absolute Gasteiger partial charge is 0.497 e. The summed E-state index contributed by atoms with van der Waals surface area (Å²) in [6.07, 6.45) is 0. The summed E-state index contributed by atoms with van der Waals surface area (Å²) in [5, 5.41) is 6.66. The zero-order chi connectivity index (χ0) is 26.5. The number of aromatic nitrogens is 2.